The van der Waals surface area contributed by atoms with E-state index in [0.29, 0.717) is 22.5 Å². The van der Waals surface area contributed by atoms with E-state index in [1.165, 1.54) is 0 Å². The van der Waals surface area contributed by atoms with Crippen molar-refractivity contribution in [3.8, 4) is 24.3 Å². The topological polar surface area (TPSA) is 139 Å². The smallest absolute Gasteiger partial charge is 0.240 e. The lowest BCUT2D eigenvalue weighted by molar-refractivity contribution is -0.347. The molecule has 1 aromatic heterocycles. The molecule has 7 heteroatoms. The third-order valence-corrected chi connectivity index (χ3v) is 5.26. The van der Waals surface area contributed by atoms with E-state index >= 15 is 0 Å². The Hall–Kier alpha value is -4.07. The van der Waals surface area contributed by atoms with E-state index in [1.807, 2.05) is 0 Å². The Morgan fingerprint density at radius 2 is 1.66 bits per heavy atom. The van der Waals surface area contributed by atoms with Gasteiger partial charge in [0.15, 0.2) is 0 Å². The molecule has 29 heavy (non-hydrogen) atoms. The number of nitrogens with one attached hydrogen (secondary N) is 1. The number of aromatic amines is 1. The number of anilines is 2. The predicted molar refractivity (Wildman–Crippen MR) is 106 cm³/mol. The van der Waals surface area contributed by atoms with Crippen LogP contribution in [-0.4, -0.2) is 13.1 Å². The zero-order valence-electron chi connectivity index (χ0n) is 15.9. The summed E-state index contributed by atoms with van der Waals surface area (Å²) >= 11 is 0. The molecule has 1 atom stereocenters. The maximum absolute atomic E-state index is 9.94. The summed E-state index contributed by atoms with van der Waals surface area (Å²) in [6.07, 6.45) is 3.35. The van der Waals surface area contributed by atoms with E-state index in [0.717, 1.165) is 32.4 Å². The standard InChI is InChI=1S/C22H19N7/c23-11-16-7-3-2-6-15(16)10-17(12-24)20-18(13-25)21(27)28-22(19(20)14-26)29-8-4-1-5-9-29/h2-3,6-7,17H,1,4-5,8-10H2,(H2,27,28)/p+1/t17-/m1/s1. The number of pyridine rings is 1. The van der Waals surface area contributed by atoms with Crippen molar-refractivity contribution in [2.24, 2.45) is 0 Å². The SMILES string of the molecule is N#Cc1ccccc1C[C@H](C#N)c1c(C#N)c(N)[nH+]c(N2CCCCC2)c1C#N. The van der Waals surface area contributed by atoms with Gasteiger partial charge in [0.2, 0.25) is 11.6 Å². The molecule has 1 aliphatic heterocycles. The van der Waals surface area contributed by atoms with Crippen molar-refractivity contribution in [3.63, 3.8) is 0 Å². The highest BCUT2D eigenvalue weighted by molar-refractivity contribution is 5.66. The zero-order valence-corrected chi connectivity index (χ0v) is 15.9. The van der Waals surface area contributed by atoms with Gasteiger partial charge in [-0.25, -0.2) is 4.98 Å². The molecule has 2 aromatic rings. The van der Waals surface area contributed by atoms with Crippen LogP contribution >= 0.6 is 0 Å². The average molecular weight is 382 g/mol. The summed E-state index contributed by atoms with van der Waals surface area (Å²) in [5.74, 6) is -0.0716. The van der Waals surface area contributed by atoms with Crippen LogP contribution in [0.2, 0.25) is 0 Å². The second-order valence-electron chi connectivity index (χ2n) is 6.98. The van der Waals surface area contributed by atoms with E-state index in [9.17, 15) is 21.0 Å². The highest BCUT2D eigenvalue weighted by Crippen LogP contribution is 2.33. The van der Waals surface area contributed by atoms with Crippen molar-refractivity contribution in [2.45, 2.75) is 31.6 Å². The minimum absolute atomic E-state index is 0.114. The van der Waals surface area contributed by atoms with Gasteiger partial charge >= 0.3 is 0 Å². The van der Waals surface area contributed by atoms with Crippen LogP contribution < -0.4 is 15.6 Å². The van der Waals surface area contributed by atoms with Gasteiger partial charge in [-0.15, -0.1) is 0 Å². The Balaban J connectivity index is 2.16. The maximum Gasteiger partial charge on any atom is 0.240 e. The lowest BCUT2D eigenvalue weighted by atomic mass is 9.86. The summed E-state index contributed by atoms with van der Waals surface area (Å²) < 4.78 is 0. The fraction of sp³-hybridized carbons (Fsp3) is 0.318. The van der Waals surface area contributed by atoms with E-state index in [-0.39, 0.29) is 23.4 Å². The van der Waals surface area contributed by atoms with Gasteiger partial charge in [0, 0.05) is 5.56 Å². The first-order valence-electron chi connectivity index (χ1n) is 9.46. The van der Waals surface area contributed by atoms with Gasteiger partial charge in [-0.2, -0.15) is 21.0 Å². The van der Waals surface area contributed by atoms with Crippen LogP contribution in [0.4, 0.5) is 11.6 Å². The van der Waals surface area contributed by atoms with Crippen molar-refractivity contribution in [1.82, 2.24) is 0 Å². The van der Waals surface area contributed by atoms with Gasteiger partial charge in [0.25, 0.3) is 0 Å². The first-order valence-corrected chi connectivity index (χ1v) is 9.46. The Labute approximate surface area is 169 Å². The number of rotatable bonds is 4. The van der Waals surface area contributed by atoms with Crippen molar-refractivity contribution in [2.75, 3.05) is 23.7 Å². The number of aromatic nitrogens is 1. The van der Waals surface area contributed by atoms with E-state index in [2.05, 4.69) is 34.2 Å². The molecule has 0 bridgehead atoms. The molecule has 3 N–H and O–H groups in total. The number of nitrogens with zero attached hydrogens (tertiary/aromatic N) is 5. The van der Waals surface area contributed by atoms with Crippen molar-refractivity contribution < 1.29 is 4.98 Å². The highest BCUT2D eigenvalue weighted by atomic mass is 15.2. The minimum atomic E-state index is -0.783. The van der Waals surface area contributed by atoms with Crippen molar-refractivity contribution >= 4 is 11.6 Å². The van der Waals surface area contributed by atoms with Gasteiger partial charge in [0.1, 0.15) is 23.3 Å². The molecule has 1 fully saturated rings. The van der Waals surface area contributed by atoms with Gasteiger partial charge in [-0.1, -0.05) is 18.2 Å². The van der Waals surface area contributed by atoms with Crippen LogP contribution in [0.5, 0.6) is 0 Å². The van der Waals surface area contributed by atoms with Crippen LogP contribution in [-0.2, 0) is 6.42 Å². The molecule has 3 rings (SSSR count). The number of H-pyrrole nitrogens is 1. The summed E-state index contributed by atoms with van der Waals surface area (Å²) in [7, 11) is 0. The van der Waals surface area contributed by atoms with E-state index < -0.39 is 5.92 Å². The fourth-order valence-corrected chi connectivity index (χ4v) is 3.83. The first-order chi connectivity index (χ1) is 14.1. The Morgan fingerprint density at radius 3 is 2.28 bits per heavy atom. The number of benzene rings is 1. The summed E-state index contributed by atoms with van der Waals surface area (Å²) in [6, 6.07) is 15.6. The molecule has 1 saturated heterocycles. The number of nitrogen functional groups attached to an aromatic ring is 1. The lowest BCUT2D eigenvalue weighted by Gasteiger charge is -2.25. The van der Waals surface area contributed by atoms with Gasteiger partial charge in [-0.3, -0.25) is 4.90 Å². The number of nitriles is 4. The number of piperidine rings is 1. The summed E-state index contributed by atoms with van der Waals surface area (Å²) in [6.45, 7) is 1.56. The molecule has 0 unspecified atom stereocenters. The fourth-order valence-electron chi connectivity index (χ4n) is 3.83. The Morgan fingerprint density at radius 1 is 0.966 bits per heavy atom. The zero-order chi connectivity index (χ0) is 20.8. The maximum atomic E-state index is 9.94. The predicted octanol–water partition coefficient (Wildman–Crippen LogP) is 2.54. The van der Waals surface area contributed by atoms with Gasteiger partial charge < -0.3 is 5.73 Å². The van der Waals surface area contributed by atoms with Gasteiger partial charge in [-0.05, 0) is 37.3 Å². The second kappa shape index (κ2) is 8.75. The molecular formula is C22H20N7+. The summed E-state index contributed by atoms with van der Waals surface area (Å²) in [5.41, 5.74) is 8.02. The molecule has 1 aromatic carbocycles. The summed E-state index contributed by atoms with van der Waals surface area (Å²) in [4.78, 5) is 5.08. The third kappa shape index (κ3) is 3.81. The molecular weight excluding hydrogens is 362 g/mol. The normalized spacial score (nSPS) is 14.1. The molecule has 0 radical (unpaired) electrons. The monoisotopic (exact) mass is 382 g/mol. The second-order valence-corrected chi connectivity index (χ2v) is 6.98. The molecule has 0 spiro atoms. The van der Waals surface area contributed by atoms with E-state index in [1.54, 1.807) is 24.3 Å². The van der Waals surface area contributed by atoms with Crippen LogP contribution in [0.3, 0.4) is 0 Å². The molecule has 0 saturated carbocycles. The lowest BCUT2D eigenvalue weighted by Crippen LogP contribution is -2.36. The highest BCUT2D eigenvalue weighted by Gasteiger charge is 2.31. The van der Waals surface area contributed by atoms with Gasteiger partial charge in [0.05, 0.1) is 36.7 Å². The Bertz CT molecular complexity index is 1090. The van der Waals surface area contributed by atoms with Crippen LogP contribution in [0, 0.1) is 45.3 Å². The number of hydrogen-bond donors (Lipinski definition) is 1. The third-order valence-electron chi connectivity index (χ3n) is 5.26. The van der Waals surface area contributed by atoms with Crippen LogP contribution in [0.15, 0.2) is 24.3 Å². The summed E-state index contributed by atoms with van der Waals surface area (Å²) in [5, 5.41) is 38.9. The van der Waals surface area contributed by atoms with E-state index in [4.69, 9.17) is 5.73 Å². The minimum Gasteiger partial charge on any atom is -0.318 e. The average Bonchev–Trinajstić information content (AvgIpc) is 2.77. The number of hydrogen-bond acceptors (Lipinski definition) is 6. The first kappa shape index (κ1) is 19.7. The molecule has 2 heterocycles. The molecule has 0 aliphatic carbocycles. The van der Waals surface area contributed by atoms with Crippen molar-refractivity contribution in [1.29, 1.82) is 21.0 Å². The quantitative estimate of drug-likeness (QED) is 0.862. The largest absolute Gasteiger partial charge is 0.318 e. The van der Waals surface area contributed by atoms with Crippen LogP contribution in [0.1, 0.15) is 53.0 Å². The Kier molecular flexibility index (Phi) is 5.94. The number of nitrogens with two attached hydrogens (primary N) is 1. The van der Waals surface area contributed by atoms with Crippen molar-refractivity contribution in [3.05, 3.63) is 52.1 Å². The van der Waals surface area contributed by atoms with Crippen LogP contribution in [0.25, 0.3) is 0 Å². The molecule has 142 valence electrons. The molecule has 7 nitrogen and oxygen atoms in total. The molecule has 1 aliphatic rings. The molecule has 0 amide bonds.